The lowest BCUT2D eigenvalue weighted by Gasteiger charge is -2.22. The highest BCUT2D eigenvalue weighted by Gasteiger charge is 2.27. The molecule has 7 heteroatoms. The van der Waals surface area contributed by atoms with Gasteiger partial charge in [-0.25, -0.2) is 15.0 Å². The molecule has 0 saturated heterocycles. The maximum Gasteiger partial charge on any atom is 0.164 e. The van der Waals surface area contributed by atoms with E-state index in [4.69, 9.17) is 15.0 Å². The van der Waals surface area contributed by atoms with Crippen LogP contribution in [-0.2, 0) is 0 Å². The number of nitrogens with zero attached hydrogens (tertiary/aromatic N) is 7. The minimum atomic E-state index is 0.456. The molecule has 0 fully saturated rings. The molecular formula is C59H35N7. The standard InChI is InChI=1S/C59H35N7/c60-36-40-22-10-12-26-44(40)49-34-42(59-63-57(38-18-4-1-5-19-38)62-58(64-59)39-20-6-2-7-21-39)35-50(45-27-13-11-23-41(45)37-61)55(49)66-52-31-17-15-29-48(52)54-53(66)33-32-47-46-28-14-16-30-51(46)65(56(47)54)43-24-8-3-9-25-43/h1-35H. The Labute approximate surface area is 380 Å². The molecule has 0 unspecified atom stereocenters. The summed E-state index contributed by atoms with van der Waals surface area (Å²) >= 11 is 0. The van der Waals surface area contributed by atoms with Gasteiger partial charge in [0.1, 0.15) is 0 Å². The van der Waals surface area contributed by atoms with Crippen LogP contribution >= 0.6 is 0 Å². The SMILES string of the molecule is N#Cc1ccccc1-c1cc(-c2nc(-c3ccccc3)nc(-c3ccccc3)n2)cc(-c2ccccc2C#N)c1-n1c2ccccc2c2c1ccc1c3ccccc3n(-c3ccccc3)c12. The number of nitriles is 2. The Morgan fingerprint density at radius 3 is 1.36 bits per heavy atom. The zero-order valence-electron chi connectivity index (χ0n) is 35.3. The number of rotatable bonds is 7. The van der Waals surface area contributed by atoms with Crippen LogP contribution in [0.4, 0.5) is 0 Å². The van der Waals surface area contributed by atoms with Crippen LogP contribution in [0.5, 0.6) is 0 Å². The van der Waals surface area contributed by atoms with E-state index >= 15 is 0 Å². The second kappa shape index (κ2) is 15.7. The summed E-state index contributed by atoms with van der Waals surface area (Å²) in [5.74, 6) is 1.51. The summed E-state index contributed by atoms with van der Waals surface area (Å²) < 4.78 is 4.70. The van der Waals surface area contributed by atoms with Crippen LogP contribution in [0.15, 0.2) is 212 Å². The molecule has 0 spiro atoms. The Balaban J connectivity index is 1.26. The second-order valence-corrected chi connectivity index (χ2v) is 16.2. The molecule has 12 aromatic rings. The lowest BCUT2D eigenvalue weighted by Crippen LogP contribution is -2.05. The third-order valence-electron chi connectivity index (χ3n) is 12.5. The highest BCUT2D eigenvalue weighted by atomic mass is 15.0. The summed E-state index contributed by atoms with van der Waals surface area (Å²) in [4.78, 5) is 15.4. The van der Waals surface area contributed by atoms with Crippen molar-refractivity contribution in [2.45, 2.75) is 0 Å². The van der Waals surface area contributed by atoms with E-state index in [9.17, 15) is 10.5 Å². The van der Waals surface area contributed by atoms with Crippen LogP contribution in [-0.4, -0.2) is 24.1 Å². The first-order valence-electron chi connectivity index (χ1n) is 21.7. The van der Waals surface area contributed by atoms with E-state index < -0.39 is 0 Å². The van der Waals surface area contributed by atoms with Crippen molar-refractivity contribution < 1.29 is 0 Å². The van der Waals surface area contributed by atoms with Gasteiger partial charge in [0, 0.05) is 66.2 Å². The summed E-state index contributed by atoms with van der Waals surface area (Å²) in [5, 5.41) is 26.1. The number of aromatic nitrogens is 5. The normalized spacial score (nSPS) is 11.3. The van der Waals surface area contributed by atoms with Crippen LogP contribution in [0.25, 0.3) is 111 Å². The Kier molecular flexibility index (Phi) is 9.12. The number of hydrogen-bond donors (Lipinski definition) is 0. The molecule has 0 aliphatic rings. The molecule has 0 bridgehead atoms. The minimum absolute atomic E-state index is 0.456. The van der Waals surface area contributed by atoms with Gasteiger partial charge in [-0.1, -0.05) is 158 Å². The largest absolute Gasteiger partial charge is 0.309 e. The summed E-state index contributed by atoms with van der Waals surface area (Å²) in [5.41, 5.74) is 12.5. The zero-order chi connectivity index (χ0) is 44.1. The van der Waals surface area contributed by atoms with Gasteiger partial charge >= 0.3 is 0 Å². The van der Waals surface area contributed by atoms with E-state index in [0.29, 0.717) is 34.2 Å². The Bertz CT molecular complexity index is 3810. The monoisotopic (exact) mass is 841 g/mol. The average molecular weight is 842 g/mol. The molecule has 0 aliphatic heterocycles. The van der Waals surface area contributed by atoms with Crippen molar-refractivity contribution in [1.82, 2.24) is 24.1 Å². The van der Waals surface area contributed by atoms with Gasteiger partial charge in [-0.3, -0.25) is 0 Å². The maximum absolute atomic E-state index is 10.8. The van der Waals surface area contributed by atoms with Gasteiger partial charge in [-0.15, -0.1) is 0 Å². The Morgan fingerprint density at radius 1 is 0.348 bits per heavy atom. The number of hydrogen-bond acceptors (Lipinski definition) is 5. The molecule has 7 nitrogen and oxygen atoms in total. The van der Waals surface area contributed by atoms with Gasteiger partial charge in [0.15, 0.2) is 17.5 Å². The van der Waals surface area contributed by atoms with Crippen LogP contribution in [0.2, 0.25) is 0 Å². The maximum atomic E-state index is 10.8. The number of benzene rings is 9. The van der Waals surface area contributed by atoms with Gasteiger partial charge in [-0.05, 0) is 54.6 Å². The predicted octanol–water partition coefficient (Wildman–Crippen LogP) is 14.1. The van der Waals surface area contributed by atoms with Crippen molar-refractivity contribution >= 4 is 43.6 Å². The topological polar surface area (TPSA) is 96.1 Å². The smallest absolute Gasteiger partial charge is 0.164 e. The minimum Gasteiger partial charge on any atom is -0.309 e. The second-order valence-electron chi connectivity index (χ2n) is 16.2. The van der Waals surface area contributed by atoms with Crippen molar-refractivity contribution in [2.24, 2.45) is 0 Å². The number of para-hydroxylation sites is 3. The summed E-state index contributed by atoms with van der Waals surface area (Å²) in [7, 11) is 0. The Morgan fingerprint density at radius 2 is 0.803 bits per heavy atom. The van der Waals surface area contributed by atoms with Gasteiger partial charge < -0.3 is 9.13 Å². The van der Waals surface area contributed by atoms with Crippen LogP contribution < -0.4 is 0 Å². The van der Waals surface area contributed by atoms with E-state index in [2.05, 4.69) is 118 Å². The molecule has 0 atom stereocenters. The van der Waals surface area contributed by atoms with E-state index in [-0.39, 0.29) is 0 Å². The molecule has 0 amide bonds. The van der Waals surface area contributed by atoms with Crippen molar-refractivity contribution in [3.05, 3.63) is 223 Å². The van der Waals surface area contributed by atoms with E-state index in [1.165, 1.54) is 0 Å². The van der Waals surface area contributed by atoms with E-state index in [1.54, 1.807) is 0 Å². The van der Waals surface area contributed by atoms with Gasteiger partial charge in [0.05, 0.1) is 51.0 Å². The summed E-state index contributed by atoms with van der Waals surface area (Å²) in [6.45, 7) is 0. The van der Waals surface area contributed by atoms with Crippen molar-refractivity contribution in [1.29, 1.82) is 10.5 Å². The average Bonchev–Trinajstić information content (AvgIpc) is 3.91. The fourth-order valence-corrected chi connectivity index (χ4v) is 9.58. The van der Waals surface area contributed by atoms with Crippen molar-refractivity contribution in [3.8, 4) is 79.9 Å². The third-order valence-corrected chi connectivity index (χ3v) is 12.5. The molecule has 0 radical (unpaired) electrons. The molecule has 0 N–H and O–H groups in total. The molecular weight excluding hydrogens is 807 g/mol. The van der Waals surface area contributed by atoms with Gasteiger partial charge in [0.25, 0.3) is 0 Å². The third kappa shape index (κ3) is 6.15. The van der Waals surface area contributed by atoms with E-state index in [1.807, 2.05) is 115 Å². The van der Waals surface area contributed by atoms with E-state index in [0.717, 1.165) is 88.4 Å². The molecule has 9 aromatic carbocycles. The molecule has 3 aromatic heterocycles. The molecule has 12 rings (SSSR count). The van der Waals surface area contributed by atoms with Gasteiger partial charge in [-0.2, -0.15) is 10.5 Å². The summed E-state index contributed by atoms with van der Waals surface area (Å²) in [6.07, 6.45) is 0. The molecule has 0 saturated carbocycles. The first-order chi connectivity index (χ1) is 32.7. The molecule has 3 heterocycles. The number of fused-ring (bicyclic) bond motifs is 7. The molecule has 0 aliphatic carbocycles. The van der Waals surface area contributed by atoms with Crippen LogP contribution in [0.3, 0.4) is 0 Å². The fourth-order valence-electron chi connectivity index (χ4n) is 9.58. The zero-order valence-corrected chi connectivity index (χ0v) is 35.3. The summed E-state index contributed by atoms with van der Waals surface area (Å²) in [6, 6.07) is 76.5. The van der Waals surface area contributed by atoms with Gasteiger partial charge in [0.2, 0.25) is 0 Å². The van der Waals surface area contributed by atoms with Crippen LogP contribution in [0.1, 0.15) is 11.1 Å². The Hall–Kier alpha value is -9.43. The van der Waals surface area contributed by atoms with Crippen molar-refractivity contribution in [3.63, 3.8) is 0 Å². The highest BCUT2D eigenvalue weighted by molar-refractivity contribution is 6.26. The predicted molar refractivity (Wildman–Crippen MR) is 265 cm³/mol. The molecule has 306 valence electrons. The first-order valence-corrected chi connectivity index (χ1v) is 21.7. The molecule has 66 heavy (non-hydrogen) atoms. The lowest BCUT2D eigenvalue weighted by atomic mass is 9.89. The quantitative estimate of drug-likeness (QED) is 0.159. The van der Waals surface area contributed by atoms with Crippen LogP contribution in [0, 0.1) is 22.7 Å². The lowest BCUT2D eigenvalue weighted by molar-refractivity contribution is 1.07. The fraction of sp³-hybridized carbons (Fsp3) is 0. The highest BCUT2D eigenvalue weighted by Crippen LogP contribution is 2.47. The van der Waals surface area contributed by atoms with Crippen molar-refractivity contribution in [2.75, 3.05) is 0 Å². The first kappa shape index (κ1) is 38.3.